The molecule has 1 unspecified atom stereocenters. The molecule has 2 saturated heterocycles. The highest BCUT2D eigenvalue weighted by atomic mass is 19.4. The van der Waals surface area contributed by atoms with Crippen LogP contribution in [0.5, 0.6) is 0 Å². The molecule has 4 aliphatic rings. The summed E-state index contributed by atoms with van der Waals surface area (Å²) < 4.78 is 49.8. The van der Waals surface area contributed by atoms with E-state index in [2.05, 4.69) is 15.3 Å². The zero-order valence-electron chi connectivity index (χ0n) is 24.8. The van der Waals surface area contributed by atoms with Crippen molar-refractivity contribution in [3.8, 4) is 0 Å². The van der Waals surface area contributed by atoms with E-state index in [0.717, 1.165) is 36.9 Å². The SMILES string of the molecule is COC[C@H]1CC[C@@H](C2=C3C=NC=C[N+]3(N)C(c3ccc(C(=O)Nc4cc(C(F)(F)F)ccn4)cc3)=N2)CN1C(=O)C1(C)COC1. The number of benzene rings is 1. The Kier molecular flexibility index (Phi) is 7.93. The maximum absolute atomic E-state index is 13.6. The van der Waals surface area contributed by atoms with Gasteiger partial charge in [0.2, 0.25) is 11.6 Å². The molecule has 11 nitrogen and oxygen atoms in total. The number of amides is 2. The molecule has 2 amide bonds. The predicted octanol–water partition coefficient (Wildman–Crippen LogP) is 3.86. The molecule has 2 aromatic rings. The van der Waals surface area contributed by atoms with Crippen LogP contribution in [0.4, 0.5) is 19.0 Å². The Labute approximate surface area is 257 Å². The Morgan fingerprint density at radius 2 is 1.96 bits per heavy atom. The van der Waals surface area contributed by atoms with Gasteiger partial charge in [0.05, 0.1) is 54.8 Å². The fourth-order valence-electron chi connectivity index (χ4n) is 6.08. The average Bonchev–Trinajstić information content (AvgIpc) is 3.32. The molecule has 2 fully saturated rings. The van der Waals surface area contributed by atoms with Crippen LogP contribution in [0.2, 0.25) is 0 Å². The van der Waals surface area contributed by atoms with E-state index in [4.69, 9.17) is 20.3 Å². The van der Waals surface area contributed by atoms with Gasteiger partial charge in [0.15, 0.2) is 0 Å². The zero-order chi connectivity index (χ0) is 32.0. The molecule has 236 valence electrons. The van der Waals surface area contributed by atoms with Gasteiger partial charge in [0, 0.05) is 31.3 Å². The number of likely N-dealkylation sites (tertiary alicyclic amines) is 1. The molecule has 3 N–H and O–H groups in total. The number of aromatic nitrogens is 1. The summed E-state index contributed by atoms with van der Waals surface area (Å²) in [6, 6.07) is 8.01. The van der Waals surface area contributed by atoms with Gasteiger partial charge in [0.25, 0.3) is 11.7 Å². The van der Waals surface area contributed by atoms with Crippen LogP contribution >= 0.6 is 0 Å². The molecule has 0 spiro atoms. The molecule has 5 heterocycles. The van der Waals surface area contributed by atoms with Gasteiger partial charge >= 0.3 is 6.18 Å². The van der Waals surface area contributed by atoms with Gasteiger partial charge in [0.1, 0.15) is 17.7 Å². The number of nitrogens with one attached hydrogen (secondary N) is 1. The fraction of sp³-hybridized carbons (Fsp3) is 0.387. The fourth-order valence-corrected chi connectivity index (χ4v) is 6.08. The number of ether oxygens (including phenoxy) is 2. The second-order valence-electron chi connectivity index (χ2n) is 11.9. The van der Waals surface area contributed by atoms with Crippen molar-refractivity contribution in [2.45, 2.75) is 32.0 Å². The molecule has 6 rings (SSSR count). The number of halogens is 3. The van der Waals surface area contributed by atoms with E-state index < -0.39 is 23.1 Å². The second-order valence-corrected chi connectivity index (χ2v) is 11.9. The smallest absolute Gasteiger partial charge is 0.383 e. The topological polar surface area (TPSA) is 132 Å². The van der Waals surface area contributed by atoms with Crippen LogP contribution in [0, 0.1) is 11.3 Å². The molecular weight excluding hydrogens is 591 g/mol. The van der Waals surface area contributed by atoms with Crippen molar-refractivity contribution >= 4 is 29.7 Å². The zero-order valence-corrected chi connectivity index (χ0v) is 24.8. The minimum Gasteiger partial charge on any atom is -0.383 e. The Balaban J connectivity index is 1.25. The first-order valence-electron chi connectivity index (χ1n) is 14.5. The summed E-state index contributed by atoms with van der Waals surface area (Å²) in [6.07, 6.45) is 2.91. The third-order valence-electron chi connectivity index (χ3n) is 8.63. The number of anilines is 1. The third-order valence-corrected chi connectivity index (χ3v) is 8.63. The first kappa shape index (κ1) is 30.8. The number of quaternary nitrogens is 1. The highest BCUT2D eigenvalue weighted by Crippen LogP contribution is 2.40. The Morgan fingerprint density at radius 3 is 2.62 bits per heavy atom. The Bertz CT molecular complexity index is 1630. The standard InChI is InChI=1S/C31H32F3N7O4/c1-30(17-45-18-30)29(43)40-15-21(7-8-23(40)16-44-2)26-24-14-36-11-12-41(24,35)27(39-26)19-3-5-20(6-4-19)28(42)38-25-13-22(9-10-37-25)31(32,33)34/h3-6,9-14,21,23H,7-8,15-18,35H2,1-2H3/p+1/t21-,23-,41?/m1/s1. The highest BCUT2D eigenvalue weighted by Gasteiger charge is 2.50. The molecule has 3 atom stereocenters. The molecule has 14 heteroatoms. The number of allylic oxidation sites excluding steroid dienone is 1. The van der Waals surface area contributed by atoms with Gasteiger partial charge in [-0.3, -0.25) is 14.6 Å². The quantitative estimate of drug-likeness (QED) is 0.355. The first-order chi connectivity index (χ1) is 21.4. The maximum Gasteiger partial charge on any atom is 0.416 e. The average molecular weight is 625 g/mol. The molecule has 0 bridgehead atoms. The summed E-state index contributed by atoms with van der Waals surface area (Å²) in [7, 11) is 1.63. The number of nitrogens with zero attached hydrogens (tertiary/aromatic N) is 5. The van der Waals surface area contributed by atoms with Crippen LogP contribution < -0.4 is 11.2 Å². The van der Waals surface area contributed by atoms with E-state index in [1.54, 1.807) is 50.0 Å². The minimum absolute atomic E-state index is 0.0354. The van der Waals surface area contributed by atoms with Crippen LogP contribution in [0.15, 0.2) is 76.4 Å². The molecule has 45 heavy (non-hydrogen) atoms. The van der Waals surface area contributed by atoms with Gasteiger partial charge < -0.3 is 19.7 Å². The number of alkyl halides is 3. The number of rotatable bonds is 7. The lowest BCUT2D eigenvalue weighted by Gasteiger charge is -2.46. The lowest BCUT2D eigenvalue weighted by molar-refractivity contribution is -0.750. The molecule has 4 aliphatic heterocycles. The van der Waals surface area contributed by atoms with Crippen LogP contribution in [0.1, 0.15) is 41.3 Å². The van der Waals surface area contributed by atoms with Gasteiger partial charge in [-0.05, 0) is 56.2 Å². The van der Waals surface area contributed by atoms with Crippen LogP contribution in [0.3, 0.4) is 0 Å². The molecule has 0 radical (unpaired) electrons. The number of piperidine rings is 1. The molecule has 0 saturated carbocycles. The summed E-state index contributed by atoms with van der Waals surface area (Å²) in [5, 5.41) is 2.41. The monoisotopic (exact) mass is 624 g/mol. The minimum atomic E-state index is -4.56. The number of nitrogens with two attached hydrogens (primary N) is 1. The van der Waals surface area contributed by atoms with E-state index in [1.807, 2.05) is 11.8 Å². The van der Waals surface area contributed by atoms with E-state index in [1.165, 1.54) is 0 Å². The molecular formula is C31H33F3N7O4+. The van der Waals surface area contributed by atoms with Crippen molar-refractivity contribution in [3.05, 3.63) is 83.1 Å². The van der Waals surface area contributed by atoms with Crippen molar-refractivity contribution in [2.75, 3.05) is 38.8 Å². The van der Waals surface area contributed by atoms with Crippen molar-refractivity contribution in [1.82, 2.24) is 9.88 Å². The van der Waals surface area contributed by atoms with Gasteiger partial charge in [-0.2, -0.15) is 24.0 Å². The van der Waals surface area contributed by atoms with Crippen molar-refractivity contribution in [3.63, 3.8) is 0 Å². The summed E-state index contributed by atoms with van der Waals surface area (Å²) >= 11 is 0. The van der Waals surface area contributed by atoms with Crippen LogP contribution in [-0.4, -0.2) is 77.9 Å². The highest BCUT2D eigenvalue weighted by molar-refractivity contribution is 6.05. The number of pyridine rings is 1. The van der Waals surface area contributed by atoms with E-state index in [9.17, 15) is 22.8 Å². The Morgan fingerprint density at radius 1 is 1.20 bits per heavy atom. The normalized spacial score (nSPS) is 25.5. The summed E-state index contributed by atoms with van der Waals surface area (Å²) in [5.41, 5.74) is 0.793. The molecule has 0 aliphatic carbocycles. The largest absolute Gasteiger partial charge is 0.416 e. The Hall–Kier alpha value is -4.24. The number of carbonyl (C=O) groups excluding carboxylic acids is 2. The van der Waals surface area contributed by atoms with Gasteiger partial charge in [-0.1, -0.05) is 0 Å². The molecule has 1 aromatic carbocycles. The van der Waals surface area contributed by atoms with Crippen molar-refractivity contribution < 1.29 is 36.8 Å². The lowest BCUT2D eigenvalue weighted by atomic mass is 9.83. The number of aliphatic imine (C=N–C) groups is 2. The predicted molar refractivity (Wildman–Crippen MR) is 158 cm³/mol. The summed E-state index contributed by atoms with van der Waals surface area (Å²) in [4.78, 5) is 41.5. The molecule has 1 aromatic heterocycles. The number of hydrogen-bond donors (Lipinski definition) is 2. The number of hydrogen-bond acceptors (Lipinski definition) is 8. The number of methoxy groups -OCH3 is 1. The maximum atomic E-state index is 13.6. The summed E-state index contributed by atoms with van der Waals surface area (Å²) in [5.74, 6) is 6.53. The van der Waals surface area contributed by atoms with E-state index in [-0.39, 0.29) is 33.8 Å². The van der Waals surface area contributed by atoms with Crippen molar-refractivity contribution in [2.24, 2.45) is 27.2 Å². The van der Waals surface area contributed by atoms with Crippen LogP contribution in [-0.2, 0) is 20.4 Å². The third kappa shape index (κ3) is 5.70. The number of carbonyl (C=O) groups is 2. The van der Waals surface area contributed by atoms with E-state index in [0.29, 0.717) is 43.5 Å². The summed E-state index contributed by atoms with van der Waals surface area (Å²) in [6.45, 7) is 3.56. The lowest BCUT2D eigenvalue weighted by Crippen LogP contribution is -2.59. The van der Waals surface area contributed by atoms with E-state index >= 15 is 0 Å². The number of fused-ring (bicyclic) bond motifs is 1. The van der Waals surface area contributed by atoms with Crippen LogP contribution in [0.25, 0.3) is 0 Å². The van der Waals surface area contributed by atoms with Gasteiger partial charge in [-0.25, -0.2) is 4.98 Å². The first-order valence-corrected chi connectivity index (χ1v) is 14.5. The number of amidine groups is 1. The van der Waals surface area contributed by atoms with Crippen molar-refractivity contribution in [1.29, 1.82) is 0 Å². The second kappa shape index (κ2) is 11.6. The van der Waals surface area contributed by atoms with Gasteiger partial charge in [-0.15, -0.1) is 4.59 Å².